The molecule has 37 heavy (non-hydrogen) atoms. The minimum atomic E-state index is -0.666. The van der Waals surface area contributed by atoms with Crippen molar-refractivity contribution in [1.29, 1.82) is 0 Å². The predicted octanol–water partition coefficient (Wildman–Crippen LogP) is 2.65. The highest BCUT2D eigenvalue weighted by molar-refractivity contribution is 6.61. The van der Waals surface area contributed by atoms with Crippen molar-refractivity contribution in [3.05, 3.63) is 12.4 Å². The lowest BCUT2D eigenvalue weighted by atomic mass is 9.81. The predicted molar refractivity (Wildman–Crippen MR) is 142 cm³/mol. The van der Waals surface area contributed by atoms with Gasteiger partial charge in [0.15, 0.2) is 0 Å². The number of aromatic nitrogens is 2. The number of carbonyl (C=O) groups is 2. The van der Waals surface area contributed by atoms with Gasteiger partial charge in [0, 0.05) is 43.0 Å². The topological polar surface area (TPSA) is 106 Å². The van der Waals surface area contributed by atoms with Gasteiger partial charge in [-0.05, 0) is 81.1 Å². The SMILES string of the molecule is CC(NC(=O)OC(C)(C)C)C(=O)N1CCCC1CN(c1ncc(B2OC(C)(C)C(C)(C)O2)cn1)C1CC1. The van der Waals surface area contributed by atoms with Crippen molar-refractivity contribution in [2.75, 3.05) is 18.0 Å². The summed E-state index contributed by atoms with van der Waals surface area (Å²) in [5.41, 5.74) is -0.682. The summed E-state index contributed by atoms with van der Waals surface area (Å²) in [4.78, 5) is 38.9. The largest absolute Gasteiger partial charge is 0.498 e. The van der Waals surface area contributed by atoms with Crippen LogP contribution in [-0.2, 0) is 18.8 Å². The van der Waals surface area contributed by atoms with Gasteiger partial charge < -0.3 is 29.2 Å². The third-order valence-corrected chi connectivity index (χ3v) is 7.60. The third-order valence-electron chi connectivity index (χ3n) is 7.60. The van der Waals surface area contributed by atoms with Crippen molar-refractivity contribution in [2.24, 2.45) is 0 Å². The molecule has 10 nitrogen and oxygen atoms in total. The Balaban J connectivity index is 1.40. The Labute approximate surface area is 221 Å². The van der Waals surface area contributed by atoms with Crippen LogP contribution in [0.25, 0.3) is 0 Å². The number of carbonyl (C=O) groups excluding carboxylic acids is 2. The number of nitrogens with one attached hydrogen (secondary N) is 1. The molecule has 0 spiro atoms. The van der Waals surface area contributed by atoms with E-state index < -0.39 is 36.1 Å². The quantitative estimate of drug-likeness (QED) is 0.553. The lowest BCUT2D eigenvalue weighted by Crippen LogP contribution is -2.52. The fourth-order valence-corrected chi connectivity index (χ4v) is 4.70. The van der Waals surface area contributed by atoms with Crippen molar-refractivity contribution in [2.45, 2.75) is 116 Å². The first-order chi connectivity index (χ1) is 17.2. The fraction of sp³-hybridized carbons (Fsp3) is 0.769. The summed E-state index contributed by atoms with van der Waals surface area (Å²) in [6.45, 7) is 16.5. The van der Waals surface area contributed by atoms with Crippen LogP contribution in [0.1, 0.15) is 81.1 Å². The molecule has 3 aliphatic rings. The number of hydrogen-bond acceptors (Lipinski definition) is 8. The number of nitrogens with zero attached hydrogens (tertiary/aromatic N) is 4. The van der Waals surface area contributed by atoms with Crippen molar-refractivity contribution in [3.8, 4) is 0 Å². The average molecular weight is 515 g/mol. The highest BCUT2D eigenvalue weighted by Crippen LogP contribution is 2.36. The number of ether oxygens (including phenoxy) is 1. The van der Waals surface area contributed by atoms with Crippen LogP contribution in [0.5, 0.6) is 0 Å². The van der Waals surface area contributed by atoms with E-state index in [0.29, 0.717) is 25.1 Å². The van der Waals surface area contributed by atoms with E-state index >= 15 is 0 Å². The van der Waals surface area contributed by atoms with Crippen LogP contribution in [0.3, 0.4) is 0 Å². The standard InChI is InChI=1S/C26H42BN5O5/c1-17(30-23(34)35-24(2,3)4)21(33)31-13-9-10-20(31)16-32(19-11-12-19)22-28-14-18(15-29-22)27-36-25(5,6)26(7,8)37-27/h14-15,17,19-20H,9-13,16H2,1-8H3,(H,30,34). The van der Waals surface area contributed by atoms with Gasteiger partial charge in [-0.25, -0.2) is 14.8 Å². The minimum absolute atomic E-state index is 0.0300. The molecule has 2 unspecified atom stereocenters. The molecule has 0 radical (unpaired) electrons. The van der Waals surface area contributed by atoms with Gasteiger partial charge in [-0.3, -0.25) is 4.79 Å². The van der Waals surface area contributed by atoms with Crippen LogP contribution < -0.4 is 15.7 Å². The maximum absolute atomic E-state index is 13.2. The summed E-state index contributed by atoms with van der Waals surface area (Å²) >= 11 is 0. The molecule has 1 N–H and O–H groups in total. The number of anilines is 1. The van der Waals surface area contributed by atoms with Crippen LogP contribution in [-0.4, -0.2) is 82.0 Å². The Bertz CT molecular complexity index is 976. The Kier molecular flexibility index (Phi) is 7.51. The Hall–Kier alpha value is -2.40. The van der Waals surface area contributed by atoms with Gasteiger partial charge in [-0.1, -0.05) is 0 Å². The molecular formula is C26H42BN5O5. The summed E-state index contributed by atoms with van der Waals surface area (Å²) in [5, 5.41) is 2.68. The zero-order valence-corrected chi connectivity index (χ0v) is 23.5. The number of likely N-dealkylation sites (tertiary alicyclic amines) is 1. The summed E-state index contributed by atoms with van der Waals surface area (Å²) in [7, 11) is -0.504. The van der Waals surface area contributed by atoms with Gasteiger partial charge >= 0.3 is 13.2 Å². The molecule has 204 valence electrons. The van der Waals surface area contributed by atoms with Crippen molar-refractivity contribution in [1.82, 2.24) is 20.2 Å². The number of alkyl carbamates (subject to hydrolysis) is 1. The van der Waals surface area contributed by atoms with E-state index in [9.17, 15) is 9.59 Å². The average Bonchev–Trinajstić information content (AvgIpc) is 3.47. The number of rotatable bonds is 7. The second-order valence-corrected chi connectivity index (χ2v) is 12.5. The lowest BCUT2D eigenvalue weighted by molar-refractivity contribution is -0.133. The highest BCUT2D eigenvalue weighted by atomic mass is 16.7. The Morgan fingerprint density at radius 1 is 1.16 bits per heavy atom. The van der Waals surface area contributed by atoms with E-state index in [0.717, 1.165) is 31.1 Å². The summed E-state index contributed by atoms with van der Waals surface area (Å²) in [6.07, 6.45) is 6.98. The Morgan fingerprint density at radius 2 is 1.76 bits per heavy atom. The molecule has 4 rings (SSSR count). The third kappa shape index (κ3) is 6.37. The molecule has 1 aliphatic carbocycles. The molecule has 3 fully saturated rings. The molecule has 2 aliphatic heterocycles. The molecule has 2 amide bonds. The molecule has 11 heteroatoms. The van der Waals surface area contributed by atoms with Crippen LogP contribution in [0, 0.1) is 0 Å². The van der Waals surface area contributed by atoms with E-state index in [4.69, 9.17) is 14.0 Å². The lowest BCUT2D eigenvalue weighted by Gasteiger charge is -2.32. The van der Waals surface area contributed by atoms with Gasteiger partial charge in [0.1, 0.15) is 11.6 Å². The van der Waals surface area contributed by atoms with E-state index in [-0.39, 0.29) is 11.9 Å². The summed E-state index contributed by atoms with van der Waals surface area (Å²) in [5.74, 6) is 0.558. The minimum Gasteiger partial charge on any atom is -0.444 e. The molecular weight excluding hydrogens is 473 g/mol. The van der Waals surface area contributed by atoms with Crippen LogP contribution in [0.2, 0.25) is 0 Å². The van der Waals surface area contributed by atoms with Gasteiger partial charge in [-0.15, -0.1) is 0 Å². The maximum Gasteiger partial charge on any atom is 0.498 e. The molecule has 0 bridgehead atoms. The number of hydrogen-bond donors (Lipinski definition) is 1. The zero-order chi connectivity index (χ0) is 27.2. The highest BCUT2D eigenvalue weighted by Gasteiger charge is 2.52. The smallest absolute Gasteiger partial charge is 0.444 e. The van der Waals surface area contributed by atoms with E-state index in [2.05, 4.69) is 20.2 Å². The molecule has 3 heterocycles. The molecule has 2 atom stereocenters. The van der Waals surface area contributed by atoms with Crippen molar-refractivity contribution < 1.29 is 23.6 Å². The van der Waals surface area contributed by atoms with Crippen molar-refractivity contribution in [3.63, 3.8) is 0 Å². The fourth-order valence-electron chi connectivity index (χ4n) is 4.70. The maximum atomic E-state index is 13.2. The van der Waals surface area contributed by atoms with Crippen molar-refractivity contribution >= 4 is 30.5 Å². The molecule has 2 saturated heterocycles. The van der Waals surface area contributed by atoms with Crippen LogP contribution in [0.4, 0.5) is 10.7 Å². The second kappa shape index (κ2) is 10.1. The van der Waals surface area contributed by atoms with Gasteiger partial charge in [0.05, 0.1) is 11.2 Å². The van der Waals surface area contributed by atoms with Crippen LogP contribution >= 0.6 is 0 Å². The molecule has 1 aromatic rings. The van der Waals surface area contributed by atoms with Gasteiger partial charge in [-0.2, -0.15) is 0 Å². The first-order valence-corrected chi connectivity index (χ1v) is 13.4. The monoisotopic (exact) mass is 515 g/mol. The van der Waals surface area contributed by atoms with Crippen LogP contribution in [0.15, 0.2) is 12.4 Å². The summed E-state index contributed by atoms with van der Waals surface area (Å²) in [6, 6.07) is -0.264. The van der Waals surface area contributed by atoms with E-state index in [1.165, 1.54) is 0 Å². The summed E-state index contributed by atoms with van der Waals surface area (Å²) < 4.78 is 17.6. The van der Waals surface area contributed by atoms with Gasteiger partial charge in [0.2, 0.25) is 11.9 Å². The Morgan fingerprint density at radius 3 is 2.30 bits per heavy atom. The molecule has 1 aromatic heterocycles. The first-order valence-electron chi connectivity index (χ1n) is 13.4. The van der Waals surface area contributed by atoms with E-state index in [1.54, 1.807) is 40.1 Å². The molecule has 1 saturated carbocycles. The zero-order valence-electron chi connectivity index (χ0n) is 23.5. The van der Waals surface area contributed by atoms with E-state index in [1.807, 2.05) is 32.6 Å². The normalized spacial score (nSPS) is 23.6. The first kappa shape index (κ1) is 27.6. The second-order valence-electron chi connectivity index (χ2n) is 12.5. The molecule has 0 aromatic carbocycles. The number of amides is 2. The van der Waals surface area contributed by atoms with Gasteiger partial charge in [0.25, 0.3) is 0 Å².